The van der Waals surface area contributed by atoms with Crippen molar-refractivity contribution in [3.8, 4) is 0 Å². The van der Waals surface area contributed by atoms with Crippen molar-refractivity contribution in [2.24, 2.45) is 11.3 Å². The van der Waals surface area contributed by atoms with Crippen LogP contribution in [0.25, 0.3) is 0 Å². The van der Waals surface area contributed by atoms with Gasteiger partial charge in [-0.15, -0.1) is 0 Å². The molecule has 4 nitrogen and oxygen atoms in total. The third-order valence-electron chi connectivity index (χ3n) is 5.17. The molecule has 3 aliphatic rings. The van der Waals surface area contributed by atoms with Gasteiger partial charge in [-0.25, -0.2) is 4.79 Å². The number of rotatable bonds is 0. The van der Waals surface area contributed by atoms with Crippen molar-refractivity contribution >= 4 is 5.97 Å². The van der Waals surface area contributed by atoms with E-state index >= 15 is 0 Å². The lowest BCUT2D eigenvalue weighted by Gasteiger charge is -2.47. The topological polar surface area (TPSA) is 66.8 Å². The van der Waals surface area contributed by atoms with E-state index in [9.17, 15) is 15.0 Å². The Morgan fingerprint density at radius 1 is 1.37 bits per heavy atom. The Morgan fingerprint density at radius 3 is 2.74 bits per heavy atom. The molecule has 4 heteroatoms. The molecule has 5 atom stereocenters. The number of esters is 1. The summed E-state index contributed by atoms with van der Waals surface area (Å²) in [7, 11) is 0. The fourth-order valence-corrected chi connectivity index (χ4v) is 4.03. The quantitative estimate of drug-likeness (QED) is 0.393. The lowest BCUT2D eigenvalue weighted by molar-refractivity contribution is -0.141. The van der Waals surface area contributed by atoms with Crippen LogP contribution in [0.3, 0.4) is 0 Å². The first kappa shape index (κ1) is 12.9. The maximum absolute atomic E-state index is 11.6. The van der Waals surface area contributed by atoms with Crippen molar-refractivity contribution in [1.29, 1.82) is 0 Å². The largest absolute Gasteiger partial charge is 0.458 e. The van der Waals surface area contributed by atoms with Crippen LogP contribution in [0, 0.1) is 11.3 Å². The number of fused-ring (bicyclic) bond motifs is 2. The van der Waals surface area contributed by atoms with Crippen molar-refractivity contribution in [3.05, 3.63) is 23.3 Å². The highest BCUT2D eigenvalue weighted by molar-refractivity contribution is 5.91. The number of carbonyl (C=O) groups is 1. The van der Waals surface area contributed by atoms with Gasteiger partial charge in [0.2, 0.25) is 0 Å². The minimum absolute atomic E-state index is 0.0352. The molecule has 0 aromatic rings. The smallest absolute Gasteiger partial charge is 0.334 e. The van der Waals surface area contributed by atoms with E-state index < -0.39 is 12.2 Å². The molecular formula is C15H20O4. The fourth-order valence-electron chi connectivity index (χ4n) is 4.03. The fraction of sp³-hybridized carbons (Fsp3) is 0.667. The summed E-state index contributed by atoms with van der Waals surface area (Å²) in [5, 5.41) is 20.0. The van der Waals surface area contributed by atoms with Gasteiger partial charge in [-0.2, -0.15) is 0 Å². The number of hydrogen-bond acceptors (Lipinski definition) is 4. The van der Waals surface area contributed by atoms with E-state index in [-0.39, 0.29) is 23.4 Å². The number of ether oxygens (including phenoxy) is 1. The molecule has 2 fully saturated rings. The van der Waals surface area contributed by atoms with E-state index in [0.717, 1.165) is 5.57 Å². The predicted molar refractivity (Wildman–Crippen MR) is 69.2 cm³/mol. The number of carbonyl (C=O) groups excluding carboxylic acids is 1. The third-order valence-corrected chi connectivity index (χ3v) is 5.17. The summed E-state index contributed by atoms with van der Waals surface area (Å²) in [5.74, 6) is -0.260. The van der Waals surface area contributed by atoms with Gasteiger partial charge >= 0.3 is 5.97 Å². The monoisotopic (exact) mass is 264 g/mol. The molecule has 0 unspecified atom stereocenters. The number of aliphatic hydroxyl groups is 2. The van der Waals surface area contributed by atoms with Crippen LogP contribution in [0.4, 0.5) is 0 Å². The highest BCUT2D eigenvalue weighted by Gasteiger charge is 2.52. The Kier molecular flexibility index (Phi) is 2.67. The summed E-state index contributed by atoms with van der Waals surface area (Å²) >= 11 is 0. The van der Waals surface area contributed by atoms with E-state index in [2.05, 4.69) is 13.5 Å². The summed E-state index contributed by atoms with van der Waals surface area (Å²) in [6.07, 6.45) is 0.300. The van der Waals surface area contributed by atoms with E-state index in [1.54, 1.807) is 0 Å². The first-order valence-corrected chi connectivity index (χ1v) is 6.79. The van der Waals surface area contributed by atoms with Gasteiger partial charge in [0.1, 0.15) is 12.2 Å². The average Bonchev–Trinajstić information content (AvgIpc) is 2.59. The molecule has 0 aromatic carbocycles. The van der Waals surface area contributed by atoms with Crippen molar-refractivity contribution < 1.29 is 19.7 Å². The molecule has 0 amide bonds. The summed E-state index contributed by atoms with van der Waals surface area (Å²) < 4.78 is 5.38. The second-order valence-electron chi connectivity index (χ2n) is 6.42. The van der Waals surface area contributed by atoms with Crippen molar-refractivity contribution in [2.75, 3.05) is 0 Å². The highest BCUT2D eigenvalue weighted by atomic mass is 16.6. The molecule has 2 aliphatic carbocycles. The van der Waals surface area contributed by atoms with Gasteiger partial charge in [0.05, 0.1) is 6.10 Å². The molecule has 2 N–H and O–H groups in total. The molecule has 1 aliphatic heterocycles. The minimum atomic E-state index is -0.786. The predicted octanol–water partition coefficient (Wildman–Crippen LogP) is 1.33. The zero-order chi connectivity index (χ0) is 13.9. The summed E-state index contributed by atoms with van der Waals surface area (Å²) in [4.78, 5) is 11.6. The third kappa shape index (κ3) is 1.70. The first-order chi connectivity index (χ1) is 8.83. The Balaban J connectivity index is 2.01. The molecule has 0 aromatic heterocycles. The molecule has 0 bridgehead atoms. The second kappa shape index (κ2) is 3.93. The Hall–Kier alpha value is -1.13. The van der Waals surface area contributed by atoms with Crippen LogP contribution in [0.2, 0.25) is 0 Å². The second-order valence-corrected chi connectivity index (χ2v) is 6.42. The summed E-state index contributed by atoms with van der Waals surface area (Å²) in [5.41, 5.74) is 2.39. The molecule has 104 valence electrons. The molecule has 0 spiro atoms. The van der Waals surface area contributed by atoms with Gasteiger partial charge in [0.25, 0.3) is 0 Å². The zero-order valence-electron chi connectivity index (χ0n) is 11.3. The van der Waals surface area contributed by atoms with Gasteiger partial charge in [0, 0.05) is 11.5 Å². The van der Waals surface area contributed by atoms with Gasteiger partial charge in [-0.05, 0) is 37.2 Å². The standard InChI is InChI=1S/C15H20O4/c1-7-9-4-10-8(2)13(17)11(16)5-15(10,3)6-12(9)19-14(7)18/h9,11-13,16-17H,1,4-6H2,2-3H3/t9-,11-,12-,13+,15-/m1/s1. The molecule has 19 heavy (non-hydrogen) atoms. The highest BCUT2D eigenvalue weighted by Crippen LogP contribution is 2.54. The van der Waals surface area contributed by atoms with Crippen molar-refractivity contribution in [1.82, 2.24) is 0 Å². The summed E-state index contributed by atoms with van der Waals surface area (Å²) in [6.45, 7) is 7.80. The Morgan fingerprint density at radius 2 is 2.05 bits per heavy atom. The van der Waals surface area contributed by atoms with Crippen LogP contribution in [0.5, 0.6) is 0 Å². The van der Waals surface area contributed by atoms with Gasteiger partial charge in [-0.3, -0.25) is 0 Å². The maximum Gasteiger partial charge on any atom is 0.334 e. The lowest BCUT2D eigenvalue weighted by Crippen LogP contribution is -2.46. The number of allylic oxidation sites excluding steroid dienone is 1. The first-order valence-electron chi connectivity index (χ1n) is 6.79. The van der Waals surface area contributed by atoms with E-state index in [1.807, 2.05) is 6.92 Å². The Bertz CT molecular complexity index is 492. The average molecular weight is 264 g/mol. The molecule has 0 radical (unpaired) electrons. The lowest BCUT2D eigenvalue weighted by atomic mass is 9.59. The van der Waals surface area contributed by atoms with Crippen LogP contribution in [-0.4, -0.2) is 34.5 Å². The Labute approximate surface area is 112 Å². The van der Waals surface area contributed by atoms with Crippen molar-refractivity contribution in [3.63, 3.8) is 0 Å². The molecule has 1 saturated heterocycles. The maximum atomic E-state index is 11.6. The number of hydrogen-bond donors (Lipinski definition) is 2. The van der Waals surface area contributed by atoms with E-state index in [4.69, 9.17) is 4.74 Å². The normalized spacial score (nSPS) is 45.9. The van der Waals surface area contributed by atoms with E-state index in [0.29, 0.717) is 24.8 Å². The SMILES string of the molecule is C=C1C(=O)O[C@@H]2C[C@@]3(C)C[C@@H](O)[C@@H](O)C(C)=C3C[C@H]12. The molecule has 3 rings (SSSR count). The van der Waals surface area contributed by atoms with Crippen LogP contribution in [-0.2, 0) is 9.53 Å². The van der Waals surface area contributed by atoms with Crippen LogP contribution >= 0.6 is 0 Å². The minimum Gasteiger partial charge on any atom is -0.458 e. The van der Waals surface area contributed by atoms with E-state index in [1.165, 1.54) is 5.57 Å². The molecule has 1 heterocycles. The van der Waals surface area contributed by atoms with Gasteiger partial charge in [-0.1, -0.05) is 19.1 Å². The van der Waals surface area contributed by atoms with Crippen LogP contribution in [0.15, 0.2) is 23.3 Å². The van der Waals surface area contributed by atoms with Crippen LogP contribution < -0.4 is 0 Å². The number of aliphatic hydroxyl groups excluding tert-OH is 2. The summed E-state index contributed by atoms with van der Waals surface area (Å²) in [6, 6.07) is 0. The zero-order valence-corrected chi connectivity index (χ0v) is 11.3. The molecule has 1 saturated carbocycles. The molecular weight excluding hydrogens is 244 g/mol. The van der Waals surface area contributed by atoms with Crippen LogP contribution in [0.1, 0.15) is 33.1 Å². The van der Waals surface area contributed by atoms with Gasteiger partial charge < -0.3 is 14.9 Å². The van der Waals surface area contributed by atoms with Gasteiger partial charge in [0.15, 0.2) is 0 Å². The van der Waals surface area contributed by atoms with Crippen molar-refractivity contribution in [2.45, 2.75) is 51.4 Å².